The second kappa shape index (κ2) is 6.23. The first kappa shape index (κ1) is 17.8. The quantitative estimate of drug-likeness (QED) is 0.916. The first-order valence-corrected chi connectivity index (χ1v) is 6.32. The summed E-state index contributed by atoms with van der Waals surface area (Å²) < 4.78 is 38.2. The Kier molecular flexibility index (Phi) is 5.27. The zero-order valence-corrected chi connectivity index (χ0v) is 12.4. The van der Waals surface area contributed by atoms with Crippen LogP contribution < -0.4 is 5.73 Å². The number of nitrogens with two attached hydrogens (primary N) is 1. The lowest BCUT2D eigenvalue weighted by Gasteiger charge is -2.22. The van der Waals surface area contributed by atoms with E-state index in [4.69, 9.17) is 5.73 Å². The molecule has 0 aliphatic carbocycles. The van der Waals surface area contributed by atoms with Gasteiger partial charge in [0.1, 0.15) is 6.54 Å². The van der Waals surface area contributed by atoms with Crippen molar-refractivity contribution >= 4 is 18.3 Å². The number of carbonyl (C=O) groups is 1. The Balaban J connectivity index is 0.00000220. The second-order valence-corrected chi connectivity index (χ2v) is 5.48. The first-order valence-electron chi connectivity index (χ1n) is 6.32. The van der Waals surface area contributed by atoms with Crippen LogP contribution in [0.5, 0.6) is 0 Å². The molecular weight excluding hydrogens is 309 g/mol. The number of carbonyl (C=O) groups excluding carboxylic acids is 1. The van der Waals surface area contributed by atoms with Crippen LogP contribution in [0.4, 0.5) is 13.2 Å². The molecule has 1 amide bonds. The van der Waals surface area contributed by atoms with E-state index < -0.39 is 11.9 Å². The summed E-state index contributed by atoms with van der Waals surface area (Å²) in [5.41, 5.74) is 4.57. The van der Waals surface area contributed by atoms with Crippen LogP contribution in [0.15, 0.2) is 12.3 Å². The Morgan fingerprint density at radius 1 is 1.52 bits per heavy atom. The van der Waals surface area contributed by atoms with E-state index >= 15 is 0 Å². The van der Waals surface area contributed by atoms with Crippen molar-refractivity contribution in [3.05, 3.63) is 18.0 Å². The van der Waals surface area contributed by atoms with Crippen molar-refractivity contribution in [1.82, 2.24) is 14.7 Å². The number of alkyl halides is 3. The van der Waals surface area contributed by atoms with E-state index in [2.05, 4.69) is 5.10 Å². The monoisotopic (exact) mass is 326 g/mol. The van der Waals surface area contributed by atoms with Gasteiger partial charge in [0.2, 0.25) is 5.91 Å². The van der Waals surface area contributed by atoms with Crippen molar-refractivity contribution in [3.8, 4) is 0 Å². The van der Waals surface area contributed by atoms with Gasteiger partial charge in [0.05, 0.1) is 0 Å². The number of rotatable bonds is 3. The van der Waals surface area contributed by atoms with Gasteiger partial charge in [0.15, 0.2) is 5.69 Å². The van der Waals surface area contributed by atoms with Crippen LogP contribution in [-0.4, -0.2) is 40.2 Å². The maximum absolute atomic E-state index is 12.4. The molecule has 1 fully saturated rings. The SMILES string of the molecule is CC1(CN)CCN(C(=O)Cn2ccc(C(F)(F)F)n2)C1.Cl. The summed E-state index contributed by atoms with van der Waals surface area (Å²) in [4.78, 5) is 13.6. The molecule has 0 spiro atoms. The highest BCUT2D eigenvalue weighted by Gasteiger charge is 2.36. The minimum Gasteiger partial charge on any atom is -0.340 e. The van der Waals surface area contributed by atoms with Crippen LogP contribution in [0, 0.1) is 5.41 Å². The summed E-state index contributed by atoms with van der Waals surface area (Å²) in [5, 5.41) is 3.37. The molecule has 0 bridgehead atoms. The maximum Gasteiger partial charge on any atom is 0.435 e. The molecule has 0 radical (unpaired) electrons. The standard InChI is InChI=1S/C12H17F3N4O.ClH/c1-11(7-16)3-5-18(8-11)10(20)6-19-4-2-9(17-19)12(13,14)15;/h2,4H,3,5-8,16H2,1H3;1H. The number of aromatic nitrogens is 2. The Morgan fingerprint density at radius 2 is 2.19 bits per heavy atom. The van der Waals surface area contributed by atoms with Gasteiger partial charge in [-0.15, -0.1) is 12.4 Å². The van der Waals surface area contributed by atoms with E-state index in [9.17, 15) is 18.0 Å². The van der Waals surface area contributed by atoms with Gasteiger partial charge >= 0.3 is 6.18 Å². The third-order valence-corrected chi connectivity index (χ3v) is 3.63. The highest BCUT2D eigenvalue weighted by Crippen LogP contribution is 2.29. The predicted octanol–water partition coefficient (Wildman–Crippen LogP) is 1.52. The number of halogens is 4. The smallest absolute Gasteiger partial charge is 0.340 e. The van der Waals surface area contributed by atoms with Crippen LogP contribution in [-0.2, 0) is 17.5 Å². The van der Waals surface area contributed by atoms with Crippen molar-refractivity contribution in [3.63, 3.8) is 0 Å². The van der Waals surface area contributed by atoms with Gasteiger partial charge in [-0.1, -0.05) is 6.92 Å². The molecule has 2 rings (SSSR count). The normalized spacial score (nSPS) is 22.2. The molecule has 2 heterocycles. The van der Waals surface area contributed by atoms with Gasteiger partial charge in [-0.3, -0.25) is 9.48 Å². The molecule has 21 heavy (non-hydrogen) atoms. The number of likely N-dealkylation sites (tertiary alicyclic amines) is 1. The van der Waals surface area contributed by atoms with Crippen LogP contribution in [0.3, 0.4) is 0 Å². The molecule has 1 aliphatic rings. The van der Waals surface area contributed by atoms with E-state index in [-0.39, 0.29) is 30.3 Å². The fraction of sp³-hybridized carbons (Fsp3) is 0.667. The molecule has 1 unspecified atom stereocenters. The fourth-order valence-corrected chi connectivity index (χ4v) is 2.24. The summed E-state index contributed by atoms with van der Waals surface area (Å²) in [6.07, 6.45) is -2.51. The van der Waals surface area contributed by atoms with Crippen molar-refractivity contribution in [2.24, 2.45) is 11.1 Å². The van der Waals surface area contributed by atoms with Gasteiger partial charge in [-0.05, 0) is 24.4 Å². The number of nitrogens with zero attached hydrogens (tertiary/aromatic N) is 3. The summed E-state index contributed by atoms with van der Waals surface area (Å²) in [6.45, 7) is 3.42. The third-order valence-electron chi connectivity index (χ3n) is 3.63. The lowest BCUT2D eigenvalue weighted by atomic mass is 9.90. The zero-order chi connectivity index (χ0) is 15.0. The van der Waals surface area contributed by atoms with Crippen molar-refractivity contribution in [2.45, 2.75) is 26.1 Å². The lowest BCUT2D eigenvalue weighted by molar-refractivity contribution is -0.142. The van der Waals surface area contributed by atoms with Crippen LogP contribution in [0.2, 0.25) is 0 Å². The average Bonchev–Trinajstić information content (AvgIpc) is 2.96. The third kappa shape index (κ3) is 4.10. The number of hydrogen-bond donors (Lipinski definition) is 1. The molecule has 1 saturated heterocycles. The molecule has 0 aromatic carbocycles. The summed E-state index contributed by atoms with van der Waals surface area (Å²) in [7, 11) is 0. The average molecular weight is 327 g/mol. The highest BCUT2D eigenvalue weighted by molar-refractivity contribution is 5.85. The molecule has 1 atom stereocenters. The molecule has 120 valence electrons. The Hall–Kier alpha value is -1.28. The van der Waals surface area contributed by atoms with E-state index in [1.807, 2.05) is 6.92 Å². The summed E-state index contributed by atoms with van der Waals surface area (Å²) in [6, 6.07) is 0.862. The molecule has 5 nitrogen and oxygen atoms in total. The van der Waals surface area contributed by atoms with E-state index in [0.717, 1.165) is 17.2 Å². The van der Waals surface area contributed by atoms with Crippen molar-refractivity contribution < 1.29 is 18.0 Å². The largest absolute Gasteiger partial charge is 0.435 e. The summed E-state index contributed by atoms with van der Waals surface area (Å²) in [5.74, 6) is -0.237. The van der Waals surface area contributed by atoms with Gasteiger partial charge < -0.3 is 10.6 Å². The topological polar surface area (TPSA) is 64.2 Å². The zero-order valence-electron chi connectivity index (χ0n) is 11.6. The van der Waals surface area contributed by atoms with Gasteiger partial charge in [0.25, 0.3) is 0 Å². The van der Waals surface area contributed by atoms with E-state index in [1.165, 1.54) is 6.20 Å². The van der Waals surface area contributed by atoms with Crippen molar-refractivity contribution in [2.75, 3.05) is 19.6 Å². The molecule has 1 aliphatic heterocycles. The van der Waals surface area contributed by atoms with E-state index in [0.29, 0.717) is 19.6 Å². The van der Waals surface area contributed by atoms with Gasteiger partial charge in [-0.2, -0.15) is 18.3 Å². The predicted molar refractivity (Wildman–Crippen MR) is 72.8 cm³/mol. The lowest BCUT2D eigenvalue weighted by Crippen LogP contribution is -2.36. The molecule has 0 saturated carbocycles. The number of hydrogen-bond acceptors (Lipinski definition) is 3. The molecule has 1 aromatic heterocycles. The van der Waals surface area contributed by atoms with Crippen LogP contribution >= 0.6 is 12.4 Å². The molecular formula is C12H18ClF3N4O. The van der Waals surface area contributed by atoms with Gasteiger partial charge in [0, 0.05) is 19.3 Å². The Bertz CT molecular complexity index is 505. The minimum atomic E-state index is -4.49. The Morgan fingerprint density at radius 3 is 2.67 bits per heavy atom. The summed E-state index contributed by atoms with van der Waals surface area (Å²) >= 11 is 0. The minimum absolute atomic E-state index is 0. The molecule has 1 aromatic rings. The molecule has 9 heteroatoms. The van der Waals surface area contributed by atoms with Gasteiger partial charge in [-0.25, -0.2) is 0 Å². The second-order valence-electron chi connectivity index (χ2n) is 5.48. The van der Waals surface area contributed by atoms with E-state index in [1.54, 1.807) is 4.90 Å². The highest BCUT2D eigenvalue weighted by atomic mass is 35.5. The van der Waals surface area contributed by atoms with Crippen molar-refractivity contribution in [1.29, 1.82) is 0 Å². The van der Waals surface area contributed by atoms with Crippen LogP contribution in [0.25, 0.3) is 0 Å². The van der Waals surface area contributed by atoms with Crippen LogP contribution in [0.1, 0.15) is 19.0 Å². The fourth-order valence-electron chi connectivity index (χ4n) is 2.24. The first-order chi connectivity index (χ1) is 9.23. The molecule has 2 N–H and O–H groups in total. The maximum atomic E-state index is 12.4. The number of amides is 1. The Labute approximate surface area is 126 Å².